The summed E-state index contributed by atoms with van der Waals surface area (Å²) < 4.78 is 6.76. The first-order valence-electron chi connectivity index (χ1n) is 14.4. The monoisotopic (exact) mass is 510 g/mol. The summed E-state index contributed by atoms with van der Waals surface area (Å²) in [6.07, 6.45) is 6.65. The molecule has 1 saturated heterocycles. The number of likely N-dealkylation sites (N-methyl/N-ethyl adjacent to an activating group) is 1. The molecule has 1 spiro atoms. The molecular weight excluding hydrogens is 472 g/mol. The molecular formula is C33H38N2O3. The van der Waals surface area contributed by atoms with Crippen LogP contribution in [0.2, 0.25) is 0 Å². The van der Waals surface area contributed by atoms with Crippen LogP contribution in [0.1, 0.15) is 65.5 Å². The lowest BCUT2D eigenvalue weighted by Crippen LogP contribution is -2.69. The Morgan fingerprint density at radius 3 is 2.71 bits per heavy atom. The molecule has 2 aliphatic heterocycles. The molecule has 38 heavy (non-hydrogen) atoms. The molecule has 3 aliphatic carbocycles. The van der Waals surface area contributed by atoms with Crippen molar-refractivity contribution < 1.29 is 14.6 Å². The summed E-state index contributed by atoms with van der Waals surface area (Å²) >= 11 is 0. The molecule has 0 aromatic heterocycles. The van der Waals surface area contributed by atoms with Gasteiger partial charge in [-0.25, -0.2) is 0 Å². The maximum atomic E-state index is 13.4. The first kappa shape index (κ1) is 24.1. The highest BCUT2D eigenvalue weighted by Crippen LogP contribution is 2.64. The lowest BCUT2D eigenvalue weighted by molar-refractivity contribution is -0.134. The maximum absolute atomic E-state index is 13.4. The molecule has 7 rings (SSSR count). The van der Waals surface area contributed by atoms with Gasteiger partial charge in [0.2, 0.25) is 0 Å². The summed E-state index contributed by atoms with van der Waals surface area (Å²) in [6.45, 7) is 8.58. The summed E-state index contributed by atoms with van der Waals surface area (Å²) in [7, 11) is 1.89. The van der Waals surface area contributed by atoms with Gasteiger partial charge in [0.15, 0.2) is 11.5 Å². The molecule has 5 nitrogen and oxygen atoms in total. The minimum atomic E-state index is -0.165. The fourth-order valence-corrected chi connectivity index (χ4v) is 8.30. The molecule has 2 aromatic rings. The highest BCUT2D eigenvalue weighted by molar-refractivity contribution is 5.94. The van der Waals surface area contributed by atoms with E-state index >= 15 is 0 Å². The molecule has 0 unspecified atom stereocenters. The molecule has 5 aliphatic rings. The van der Waals surface area contributed by atoms with Gasteiger partial charge in [0.25, 0.3) is 5.91 Å². The van der Waals surface area contributed by atoms with Crippen LogP contribution in [0.15, 0.2) is 24.3 Å². The normalized spacial score (nSPS) is 30.6. The smallest absolute Gasteiger partial charge is 0.298 e. The van der Waals surface area contributed by atoms with Gasteiger partial charge in [0.1, 0.15) is 6.10 Å². The first-order valence-corrected chi connectivity index (χ1v) is 14.4. The van der Waals surface area contributed by atoms with E-state index in [1.54, 1.807) is 0 Å². The molecule has 3 fully saturated rings. The van der Waals surface area contributed by atoms with Gasteiger partial charge in [-0.3, -0.25) is 9.69 Å². The Balaban J connectivity index is 1.24. The van der Waals surface area contributed by atoms with Gasteiger partial charge in [0, 0.05) is 42.1 Å². The summed E-state index contributed by atoms with van der Waals surface area (Å²) in [5.74, 6) is 8.15. The Labute approximate surface area is 226 Å². The number of amides is 1. The summed E-state index contributed by atoms with van der Waals surface area (Å²) in [5.41, 5.74) is 6.94. The van der Waals surface area contributed by atoms with Gasteiger partial charge in [-0.05, 0) is 118 Å². The summed E-state index contributed by atoms with van der Waals surface area (Å²) in [6, 6.07) is 8.42. The van der Waals surface area contributed by atoms with Gasteiger partial charge < -0.3 is 14.7 Å². The van der Waals surface area contributed by atoms with Crippen molar-refractivity contribution in [2.75, 3.05) is 20.1 Å². The second-order valence-electron chi connectivity index (χ2n) is 12.7. The third-order valence-electron chi connectivity index (χ3n) is 10.6. The third kappa shape index (κ3) is 3.46. The van der Waals surface area contributed by atoms with Crippen LogP contribution in [0, 0.1) is 44.4 Å². The lowest BCUT2D eigenvalue weighted by Gasteiger charge is -2.60. The maximum Gasteiger partial charge on any atom is 0.298 e. The molecule has 0 radical (unpaired) electrons. The number of carbonyl (C=O) groups is 1. The fraction of sp³-hybridized carbons (Fsp3) is 0.545. The van der Waals surface area contributed by atoms with Gasteiger partial charge in [-0.2, -0.15) is 0 Å². The van der Waals surface area contributed by atoms with Gasteiger partial charge >= 0.3 is 0 Å². The van der Waals surface area contributed by atoms with Gasteiger partial charge in [-0.15, -0.1) is 0 Å². The molecule has 5 heteroatoms. The van der Waals surface area contributed by atoms with E-state index < -0.39 is 0 Å². The molecule has 5 atom stereocenters. The van der Waals surface area contributed by atoms with Gasteiger partial charge in [0.05, 0.1) is 6.04 Å². The van der Waals surface area contributed by atoms with E-state index in [0.29, 0.717) is 17.7 Å². The fourth-order valence-electron chi connectivity index (χ4n) is 8.30. The van der Waals surface area contributed by atoms with E-state index in [4.69, 9.17) is 4.74 Å². The van der Waals surface area contributed by atoms with Crippen LogP contribution in [0.25, 0.3) is 0 Å². The molecule has 1 amide bonds. The second-order valence-corrected chi connectivity index (χ2v) is 12.7. The van der Waals surface area contributed by atoms with Crippen LogP contribution < -0.4 is 4.74 Å². The molecule has 2 heterocycles. The number of ether oxygens (including phenoxy) is 1. The van der Waals surface area contributed by atoms with E-state index in [-0.39, 0.29) is 29.2 Å². The molecule has 2 aromatic carbocycles. The van der Waals surface area contributed by atoms with E-state index in [1.807, 2.05) is 30.1 Å². The highest BCUT2D eigenvalue weighted by atomic mass is 16.5. The van der Waals surface area contributed by atoms with Crippen molar-refractivity contribution in [3.63, 3.8) is 0 Å². The number of piperidine rings is 1. The Hall–Kier alpha value is -2.97. The Morgan fingerprint density at radius 1 is 1.13 bits per heavy atom. The third-order valence-corrected chi connectivity index (χ3v) is 10.6. The van der Waals surface area contributed by atoms with Crippen LogP contribution in [-0.2, 0) is 16.6 Å². The van der Waals surface area contributed by atoms with Crippen molar-refractivity contribution in [3.05, 3.63) is 57.6 Å². The molecule has 198 valence electrons. The number of aromatic hydroxyl groups is 1. The summed E-state index contributed by atoms with van der Waals surface area (Å²) in [5, 5.41) is 11.0. The van der Waals surface area contributed by atoms with Crippen LogP contribution in [0.5, 0.6) is 11.5 Å². The number of nitrogens with zero attached hydrogens (tertiary/aromatic N) is 2. The number of rotatable bonds is 3. The number of likely N-dealkylation sites (tertiary alicyclic amines) is 1. The Kier molecular flexibility index (Phi) is 5.40. The zero-order valence-electron chi connectivity index (χ0n) is 23.0. The van der Waals surface area contributed by atoms with Crippen molar-refractivity contribution in [1.82, 2.24) is 9.80 Å². The quantitative estimate of drug-likeness (QED) is 0.611. The van der Waals surface area contributed by atoms with Crippen molar-refractivity contribution in [2.24, 2.45) is 11.8 Å². The Morgan fingerprint density at radius 2 is 1.95 bits per heavy atom. The second kappa shape index (κ2) is 8.52. The van der Waals surface area contributed by atoms with Crippen LogP contribution in [0.4, 0.5) is 0 Å². The van der Waals surface area contributed by atoms with Crippen LogP contribution in [0.3, 0.4) is 0 Å². The number of phenolic OH excluding ortho intramolecular Hbond substituents is 1. The van der Waals surface area contributed by atoms with Crippen LogP contribution >= 0.6 is 0 Å². The van der Waals surface area contributed by atoms with E-state index in [9.17, 15) is 9.90 Å². The van der Waals surface area contributed by atoms with Crippen molar-refractivity contribution in [2.45, 2.75) is 82.9 Å². The predicted molar refractivity (Wildman–Crippen MR) is 147 cm³/mol. The average molecular weight is 511 g/mol. The number of benzene rings is 2. The van der Waals surface area contributed by atoms with Crippen molar-refractivity contribution in [3.8, 4) is 23.3 Å². The topological polar surface area (TPSA) is 53.0 Å². The lowest BCUT2D eigenvalue weighted by atomic mass is 9.50. The van der Waals surface area contributed by atoms with E-state index in [0.717, 1.165) is 43.7 Å². The standard InChI is InChI=1S/C33H38N2O3/c1-19-5-6-22(15-20(19)2)9-12-29(37)34(4)26-11-10-25-27-17-24-21(3)16-28(36)31-30(24)33(25,32(26)38-31)13-14-35(27)18-23-7-8-23/h5-6,15-16,23,25-27,32,36H,7-8,10-11,13-14,17-18H2,1-4H3/t25-,26+,27+,32-,33-/m0/s1. The highest BCUT2D eigenvalue weighted by Gasteiger charge is 2.66. The van der Waals surface area contributed by atoms with Gasteiger partial charge in [-0.1, -0.05) is 12.0 Å². The number of aryl methyl sites for hydroxylation is 3. The minimum Gasteiger partial charge on any atom is -0.504 e. The Bertz CT molecular complexity index is 1400. The average Bonchev–Trinajstić information content (AvgIpc) is 3.65. The zero-order chi connectivity index (χ0) is 26.3. The zero-order valence-corrected chi connectivity index (χ0v) is 23.0. The number of hydrogen-bond acceptors (Lipinski definition) is 4. The van der Waals surface area contributed by atoms with Crippen LogP contribution in [-0.4, -0.2) is 59.1 Å². The van der Waals surface area contributed by atoms with Crippen molar-refractivity contribution >= 4 is 5.91 Å². The first-order chi connectivity index (χ1) is 18.3. The van der Waals surface area contributed by atoms with E-state index in [1.165, 1.54) is 47.2 Å². The molecule has 2 bridgehead atoms. The number of phenols is 1. The number of carbonyl (C=O) groups excluding carboxylic acids is 1. The number of hydrogen-bond donors (Lipinski definition) is 1. The van der Waals surface area contributed by atoms with E-state index in [2.05, 4.69) is 43.6 Å². The molecule has 1 N–H and O–H groups in total. The predicted octanol–water partition coefficient (Wildman–Crippen LogP) is 4.65. The molecule has 2 saturated carbocycles. The summed E-state index contributed by atoms with van der Waals surface area (Å²) in [4.78, 5) is 18.0. The largest absolute Gasteiger partial charge is 0.504 e. The minimum absolute atomic E-state index is 0.0681. The SMILES string of the molecule is Cc1ccc(C#CC(=O)N(C)[C@@H]2CC[C@H]3[C@H]4Cc5c(C)cc(O)c6c5[C@@]3(CCN4CC3CC3)[C@H]2O6)cc1C. The van der Waals surface area contributed by atoms with Crippen molar-refractivity contribution in [1.29, 1.82) is 0 Å².